The van der Waals surface area contributed by atoms with Crippen LogP contribution in [0.2, 0.25) is 0 Å². The van der Waals surface area contributed by atoms with Crippen molar-refractivity contribution in [2.24, 2.45) is 17.8 Å². The van der Waals surface area contributed by atoms with E-state index in [9.17, 15) is 14.4 Å². The van der Waals surface area contributed by atoms with Crippen molar-refractivity contribution >= 4 is 18.2 Å². The molecule has 1 heterocycles. The Hall–Kier alpha value is -1.87. The highest BCUT2D eigenvalue weighted by Crippen LogP contribution is 2.34. The first-order valence-corrected chi connectivity index (χ1v) is 13.7. The van der Waals surface area contributed by atoms with Crippen LogP contribution >= 0.6 is 0 Å². The summed E-state index contributed by atoms with van der Waals surface area (Å²) in [4.78, 5) is 40.4. The molecule has 9 heteroatoms. The number of carbonyl (C=O) groups excluding carboxylic acids is 3. The highest BCUT2D eigenvalue weighted by Gasteiger charge is 2.44. The Balaban J connectivity index is 2.34. The molecule has 0 N–H and O–H groups in total. The molecule has 2 amide bonds. The summed E-state index contributed by atoms with van der Waals surface area (Å²) in [6.45, 7) is 16.7. The van der Waals surface area contributed by atoms with Crippen LogP contribution in [0.4, 0.5) is 9.59 Å². The molecule has 1 saturated carbocycles. The smallest absolute Gasteiger partial charge is 0.420 e. The lowest BCUT2D eigenvalue weighted by molar-refractivity contribution is -0.164. The average molecular weight is 528 g/mol. The Morgan fingerprint density at radius 2 is 1.51 bits per heavy atom. The number of nitrogens with zero attached hydrogens (tertiary/aromatic N) is 1. The van der Waals surface area contributed by atoms with Crippen LogP contribution in [0.15, 0.2) is 0 Å². The van der Waals surface area contributed by atoms with Gasteiger partial charge in [-0.3, -0.25) is 0 Å². The van der Waals surface area contributed by atoms with Crippen LogP contribution in [-0.4, -0.2) is 72.3 Å². The van der Waals surface area contributed by atoms with E-state index in [-0.39, 0.29) is 18.6 Å². The molecule has 0 bridgehead atoms. The molecule has 0 spiro atoms. The molecule has 9 nitrogen and oxygen atoms in total. The molecule has 0 radical (unpaired) electrons. The second kappa shape index (κ2) is 13.3. The lowest BCUT2D eigenvalue weighted by Gasteiger charge is -2.33. The predicted molar refractivity (Wildman–Crippen MR) is 139 cm³/mol. The Morgan fingerprint density at radius 1 is 0.973 bits per heavy atom. The van der Waals surface area contributed by atoms with Gasteiger partial charge in [0.15, 0.2) is 6.04 Å². The van der Waals surface area contributed by atoms with E-state index in [1.807, 2.05) is 0 Å². The quantitative estimate of drug-likeness (QED) is 0.319. The van der Waals surface area contributed by atoms with Crippen molar-refractivity contribution in [3.8, 4) is 0 Å². The number of rotatable bonds is 6. The summed E-state index contributed by atoms with van der Waals surface area (Å²) in [6.07, 6.45) is 2.78. The van der Waals surface area contributed by atoms with E-state index in [2.05, 4.69) is 13.8 Å². The first-order valence-electron chi connectivity index (χ1n) is 13.7. The first-order chi connectivity index (χ1) is 17.1. The molecule has 4 atom stereocenters. The van der Waals surface area contributed by atoms with E-state index in [1.165, 1.54) is 25.7 Å². The minimum atomic E-state index is -1.36. The third-order valence-electron chi connectivity index (χ3n) is 6.33. The molecule has 0 aromatic carbocycles. The largest absolute Gasteiger partial charge is 0.458 e. The number of hydrogen-bond donors (Lipinski definition) is 0. The van der Waals surface area contributed by atoms with E-state index in [1.54, 1.807) is 48.5 Å². The molecule has 1 aliphatic heterocycles. The van der Waals surface area contributed by atoms with Gasteiger partial charge >= 0.3 is 18.2 Å². The Bertz CT molecular complexity index is 735. The topological polar surface area (TPSA) is 101 Å². The number of carbonyl (C=O) groups is 3. The lowest BCUT2D eigenvalue weighted by atomic mass is 9.87. The zero-order chi connectivity index (χ0) is 28.0. The first kappa shape index (κ1) is 31.3. The van der Waals surface area contributed by atoms with Crippen LogP contribution in [0.3, 0.4) is 0 Å². The molecule has 2 fully saturated rings. The summed E-state index contributed by atoms with van der Waals surface area (Å²) >= 11 is 0. The van der Waals surface area contributed by atoms with Crippen LogP contribution in [0.1, 0.15) is 94.4 Å². The molecule has 37 heavy (non-hydrogen) atoms. The normalized spacial score (nSPS) is 26.2. The molecular formula is C28H49NO8. The van der Waals surface area contributed by atoms with E-state index >= 15 is 0 Å². The zero-order valence-electron chi connectivity index (χ0n) is 24.3. The summed E-state index contributed by atoms with van der Waals surface area (Å²) in [5.41, 5.74) is -1.79. The van der Waals surface area contributed by atoms with Crippen molar-refractivity contribution in [3.63, 3.8) is 0 Å². The summed E-state index contributed by atoms with van der Waals surface area (Å²) in [5.74, 6) is 0.146. The minimum absolute atomic E-state index is 0.0138. The number of imide groups is 1. The molecular weight excluding hydrogens is 478 g/mol. The van der Waals surface area contributed by atoms with Crippen molar-refractivity contribution < 1.29 is 38.1 Å². The van der Waals surface area contributed by atoms with Crippen LogP contribution in [0.5, 0.6) is 0 Å². The molecule has 2 rings (SSSR count). The van der Waals surface area contributed by atoms with Gasteiger partial charge in [0.25, 0.3) is 0 Å². The van der Waals surface area contributed by atoms with E-state index < -0.39 is 41.5 Å². The van der Waals surface area contributed by atoms with E-state index in [0.29, 0.717) is 29.9 Å². The second-order valence-electron chi connectivity index (χ2n) is 12.9. The van der Waals surface area contributed by atoms with Crippen LogP contribution in [-0.2, 0) is 28.5 Å². The SMILES string of the molecule is CC(C)COC1C(CC2CCCC2)COCC(N(C(=O)OC(C)(C)C)C(=O)OC(C)(C)C)C(=O)OC1C. The monoisotopic (exact) mass is 527 g/mol. The fourth-order valence-corrected chi connectivity index (χ4v) is 4.79. The molecule has 1 aliphatic carbocycles. The van der Waals surface area contributed by atoms with Crippen molar-refractivity contribution in [1.29, 1.82) is 0 Å². The van der Waals surface area contributed by atoms with E-state index in [4.69, 9.17) is 23.7 Å². The number of esters is 1. The highest BCUT2D eigenvalue weighted by molar-refractivity contribution is 5.94. The molecule has 0 aromatic heterocycles. The van der Waals surface area contributed by atoms with Gasteiger partial charge in [-0.2, -0.15) is 4.90 Å². The fourth-order valence-electron chi connectivity index (χ4n) is 4.79. The van der Waals surface area contributed by atoms with Gasteiger partial charge in [0, 0.05) is 12.5 Å². The van der Waals surface area contributed by atoms with Gasteiger partial charge in [0.05, 0.1) is 19.3 Å². The zero-order valence-corrected chi connectivity index (χ0v) is 24.3. The third kappa shape index (κ3) is 10.4. The molecule has 4 unspecified atom stereocenters. The second-order valence-corrected chi connectivity index (χ2v) is 12.9. The standard InChI is InChI=1S/C28H49NO8/c1-18(2)15-34-23-19(3)35-24(30)22(17-33-16-21(23)14-20-12-10-11-13-20)29(25(31)36-27(4,5)6)26(32)37-28(7,8)9/h18-23H,10-17H2,1-9H3. The van der Waals surface area contributed by atoms with Crippen LogP contribution in [0, 0.1) is 17.8 Å². The van der Waals surface area contributed by atoms with E-state index in [0.717, 1.165) is 6.42 Å². The van der Waals surface area contributed by atoms with Crippen molar-refractivity contribution in [3.05, 3.63) is 0 Å². The summed E-state index contributed by atoms with van der Waals surface area (Å²) in [5, 5.41) is 0. The van der Waals surface area contributed by atoms with Crippen molar-refractivity contribution in [2.45, 2.75) is 124 Å². The van der Waals surface area contributed by atoms with Crippen LogP contribution < -0.4 is 0 Å². The number of amides is 2. The fraction of sp³-hybridized carbons (Fsp3) is 0.893. The Kier molecular flexibility index (Phi) is 11.2. The predicted octanol–water partition coefficient (Wildman–Crippen LogP) is 5.73. The highest BCUT2D eigenvalue weighted by atomic mass is 16.6. The van der Waals surface area contributed by atoms with Gasteiger partial charge in [0.1, 0.15) is 17.3 Å². The van der Waals surface area contributed by atoms with Gasteiger partial charge in [-0.05, 0) is 66.7 Å². The van der Waals surface area contributed by atoms with Crippen LogP contribution in [0.25, 0.3) is 0 Å². The number of ether oxygens (including phenoxy) is 5. The van der Waals surface area contributed by atoms with Crippen molar-refractivity contribution in [1.82, 2.24) is 4.90 Å². The maximum absolute atomic E-state index is 13.4. The number of hydrogen-bond acceptors (Lipinski definition) is 8. The average Bonchev–Trinajstić information content (AvgIpc) is 3.23. The molecule has 2 aliphatic rings. The Morgan fingerprint density at radius 3 is 2.00 bits per heavy atom. The third-order valence-corrected chi connectivity index (χ3v) is 6.33. The van der Waals surface area contributed by atoms with Gasteiger partial charge in [0.2, 0.25) is 0 Å². The maximum atomic E-state index is 13.4. The lowest BCUT2D eigenvalue weighted by Crippen LogP contribution is -2.54. The Labute approximate surface area is 222 Å². The maximum Gasteiger partial charge on any atom is 0.420 e. The minimum Gasteiger partial charge on any atom is -0.458 e. The summed E-state index contributed by atoms with van der Waals surface area (Å²) in [7, 11) is 0. The van der Waals surface area contributed by atoms with Gasteiger partial charge in [-0.25, -0.2) is 14.4 Å². The van der Waals surface area contributed by atoms with Gasteiger partial charge < -0.3 is 23.7 Å². The summed E-state index contributed by atoms with van der Waals surface area (Å²) < 4.78 is 29.1. The van der Waals surface area contributed by atoms with Crippen molar-refractivity contribution in [2.75, 3.05) is 19.8 Å². The molecule has 1 saturated heterocycles. The molecule has 214 valence electrons. The van der Waals surface area contributed by atoms with Gasteiger partial charge in [-0.1, -0.05) is 39.5 Å². The molecule has 0 aromatic rings. The van der Waals surface area contributed by atoms with Gasteiger partial charge in [-0.15, -0.1) is 0 Å². The number of cyclic esters (lactones) is 1. The summed E-state index contributed by atoms with van der Waals surface area (Å²) in [6, 6.07) is -1.36.